The lowest BCUT2D eigenvalue weighted by atomic mass is 9.88. The fourth-order valence-electron chi connectivity index (χ4n) is 3.75. The minimum absolute atomic E-state index is 0.00990. The first-order valence-electron chi connectivity index (χ1n) is 9.76. The summed E-state index contributed by atoms with van der Waals surface area (Å²) in [6, 6.07) is 8.25. The number of hydrogen-bond acceptors (Lipinski definition) is 9. The average Bonchev–Trinajstić information content (AvgIpc) is 2.84. The Kier molecular flexibility index (Phi) is 6.81. The van der Waals surface area contributed by atoms with E-state index in [9.17, 15) is 9.59 Å². The Hall–Kier alpha value is -4.14. The first kappa shape index (κ1) is 23.5. The number of carbonyl (C=O) groups excluding carboxylic acids is 2. The van der Waals surface area contributed by atoms with Gasteiger partial charge in [0.1, 0.15) is 0 Å². The summed E-state index contributed by atoms with van der Waals surface area (Å²) >= 11 is 0. The van der Waals surface area contributed by atoms with Gasteiger partial charge in [-0.25, -0.2) is 9.59 Å². The normalized spacial score (nSPS) is 10.5. The standard InChI is InChI=1S/C24H25NO8/c1-28-17-9-12-7-15(23(26)32-5)21(24(27)33-6)20(14(12)11-18(17)29-2)13-8-16(25)22(31-4)19(10-13)30-3/h7-11H,25H2,1-6H3. The van der Waals surface area contributed by atoms with E-state index in [0.29, 0.717) is 44.9 Å². The summed E-state index contributed by atoms with van der Waals surface area (Å²) in [4.78, 5) is 25.7. The molecule has 0 unspecified atom stereocenters. The molecule has 9 nitrogen and oxygen atoms in total. The van der Waals surface area contributed by atoms with Crippen LogP contribution >= 0.6 is 0 Å². The van der Waals surface area contributed by atoms with E-state index in [1.807, 2.05) is 0 Å². The van der Waals surface area contributed by atoms with Crippen LogP contribution < -0.4 is 24.7 Å². The van der Waals surface area contributed by atoms with Crippen molar-refractivity contribution in [2.45, 2.75) is 0 Å². The van der Waals surface area contributed by atoms with Gasteiger partial charge < -0.3 is 34.2 Å². The van der Waals surface area contributed by atoms with Crippen LogP contribution in [-0.4, -0.2) is 54.6 Å². The fourth-order valence-corrected chi connectivity index (χ4v) is 3.75. The molecule has 0 atom stereocenters. The van der Waals surface area contributed by atoms with Gasteiger partial charge in [0.15, 0.2) is 23.0 Å². The lowest BCUT2D eigenvalue weighted by molar-refractivity contribution is 0.0556. The summed E-state index contributed by atoms with van der Waals surface area (Å²) in [7, 11) is 8.41. The molecule has 33 heavy (non-hydrogen) atoms. The van der Waals surface area contributed by atoms with Crippen molar-refractivity contribution in [1.29, 1.82) is 0 Å². The van der Waals surface area contributed by atoms with Crippen LogP contribution in [0.4, 0.5) is 5.69 Å². The van der Waals surface area contributed by atoms with Crippen LogP contribution in [0.1, 0.15) is 20.7 Å². The highest BCUT2D eigenvalue weighted by molar-refractivity contribution is 6.16. The van der Waals surface area contributed by atoms with Crippen LogP contribution in [0.25, 0.3) is 21.9 Å². The number of nitrogens with two attached hydrogens (primary N) is 1. The van der Waals surface area contributed by atoms with Gasteiger partial charge in [-0.15, -0.1) is 0 Å². The van der Waals surface area contributed by atoms with Crippen molar-refractivity contribution in [2.75, 3.05) is 48.4 Å². The van der Waals surface area contributed by atoms with Crippen molar-refractivity contribution < 1.29 is 38.0 Å². The number of methoxy groups -OCH3 is 6. The zero-order chi connectivity index (χ0) is 24.3. The van der Waals surface area contributed by atoms with Gasteiger partial charge >= 0.3 is 11.9 Å². The fraction of sp³-hybridized carbons (Fsp3) is 0.250. The van der Waals surface area contributed by atoms with Gasteiger partial charge in [0, 0.05) is 5.56 Å². The number of benzene rings is 3. The van der Waals surface area contributed by atoms with Crippen molar-refractivity contribution in [3.63, 3.8) is 0 Å². The molecule has 0 amide bonds. The van der Waals surface area contributed by atoms with Crippen LogP contribution in [0.3, 0.4) is 0 Å². The second-order valence-corrected chi connectivity index (χ2v) is 6.89. The predicted octanol–water partition coefficient (Wildman–Crippen LogP) is 3.70. The van der Waals surface area contributed by atoms with Crippen molar-refractivity contribution in [2.24, 2.45) is 0 Å². The van der Waals surface area contributed by atoms with E-state index < -0.39 is 11.9 Å². The van der Waals surface area contributed by atoms with Crippen LogP contribution in [0.5, 0.6) is 23.0 Å². The maximum Gasteiger partial charge on any atom is 0.339 e. The molecule has 0 bridgehead atoms. The minimum atomic E-state index is -0.726. The molecule has 2 N–H and O–H groups in total. The van der Waals surface area contributed by atoms with Gasteiger partial charge in [0.05, 0.1) is 59.5 Å². The van der Waals surface area contributed by atoms with Crippen molar-refractivity contribution >= 4 is 28.4 Å². The molecule has 0 aliphatic rings. The van der Waals surface area contributed by atoms with E-state index in [2.05, 4.69) is 0 Å². The third kappa shape index (κ3) is 4.05. The molecule has 0 aromatic heterocycles. The molecule has 9 heteroatoms. The number of esters is 2. The monoisotopic (exact) mass is 455 g/mol. The first-order chi connectivity index (χ1) is 15.8. The largest absolute Gasteiger partial charge is 0.493 e. The minimum Gasteiger partial charge on any atom is -0.493 e. The SMILES string of the molecule is COC(=O)c1cc2cc(OC)c(OC)cc2c(-c2cc(N)c(OC)c(OC)c2)c1C(=O)OC. The Bertz CT molecular complexity index is 1240. The molecule has 0 radical (unpaired) electrons. The Morgan fingerprint density at radius 3 is 1.85 bits per heavy atom. The number of carbonyl (C=O) groups is 2. The maximum atomic E-state index is 13.0. The van der Waals surface area contributed by atoms with Crippen molar-refractivity contribution in [1.82, 2.24) is 0 Å². The van der Waals surface area contributed by atoms with E-state index in [0.717, 1.165) is 0 Å². The highest BCUT2D eigenvalue weighted by atomic mass is 16.5. The number of hydrogen-bond donors (Lipinski definition) is 1. The van der Waals surface area contributed by atoms with Crippen molar-refractivity contribution in [3.8, 4) is 34.1 Å². The molecule has 3 aromatic carbocycles. The van der Waals surface area contributed by atoms with Crippen molar-refractivity contribution in [3.05, 3.63) is 41.5 Å². The summed E-state index contributed by atoms with van der Waals surface area (Å²) in [5.41, 5.74) is 7.40. The van der Waals surface area contributed by atoms with E-state index in [1.165, 1.54) is 42.7 Å². The number of fused-ring (bicyclic) bond motifs is 1. The van der Waals surface area contributed by atoms with E-state index >= 15 is 0 Å². The predicted molar refractivity (Wildman–Crippen MR) is 123 cm³/mol. The zero-order valence-electron chi connectivity index (χ0n) is 19.2. The molecule has 0 fully saturated rings. The smallest absolute Gasteiger partial charge is 0.339 e. The molecule has 3 aromatic rings. The lowest BCUT2D eigenvalue weighted by Crippen LogP contribution is -2.14. The Morgan fingerprint density at radius 2 is 1.30 bits per heavy atom. The second-order valence-electron chi connectivity index (χ2n) is 6.89. The molecule has 0 saturated heterocycles. The second kappa shape index (κ2) is 9.56. The Labute approximate surface area is 190 Å². The summed E-state index contributed by atoms with van der Waals surface area (Å²) in [5, 5.41) is 1.19. The molecular weight excluding hydrogens is 430 g/mol. The molecule has 0 aliphatic carbocycles. The third-order valence-electron chi connectivity index (χ3n) is 5.24. The summed E-state index contributed by atoms with van der Waals surface area (Å²) in [6.07, 6.45) is 0. The molecule has 0 saturated carbocycles. The zero-order valence-corrected chi connectivity index (χ0v) is 19.2. The quantitative estimate of drug-likeness (QED) is 0.420. The lowest BCUT2D eigenvalue weighted by Gasteiger charge is -2.19. The van der Waals surface area contributed by atoms with E-state index in [-0.39, 0.29) is 16.8 Å². The molecule has 0 heterocycles. The first-order valence-corrected chi connectivity index (χ1v) is 9.76. The van der Waals surface area contributed by atoms with Gasteiger partial charge in [0.2, 0.25) is 0 Å². The van der Waals surface area contributed by atoms with Gasteiger partial charge in [-0.1, -0.05) is 0 Å². The van der Waals surface area contributed by atoms with E-state index in [4.69, 9.17) is 34.2 Å². The number of ether oxygens (including phenoxy) is 6. The highest BCUT2D eigenvalue weighted by Crippen LogP contribution is 2.44. The van der Waals surface area contributed by atoms with Gasteiger partial charge in [0.25, 0.3) is 0 Å². The molecule has 0 spiro atoms. The summed E-state index contributed by atoms with van der Waals surface area (Å²) < 4.78 is 31.6. The molecule has 174 valence electrons. The van der Waals surface area contributed by atoms with Crippen LogP contribution in [-0.2, 0) is 9.47 Å². The third-order valence-corrected chi connectivity index (χ3v) is 5.24. The highest BCUT2D eigenvalue weighted by Gasteiger charge is 2.28. The van der Waals surface area contributed by atoms with Gasteiger partial charge in [-0.05, 0) is 46.7 Å². The summed E-state index contributed by atoms with van der Waals surface area (Å²) in [6.45, 7) is 0. The molecular formula is C24H25NO8. The summed E-state index contributed by atoms with van der Waals surface area (Å²) in [5.74, 6) is 0.136. The van der Waals surface area contributed by atoms with Gasteiger partial charge in [-0.3, -0.25) is 0 Å². The van der Waals surface area contributed by atoms with Crippen LogP contribution in [0.15, 0.2) is 30.3 Å². The maximum absolute atomic E-state index is 13.0. The topological polar surface area (TPSA) is 116 Å². The Morgan fingerprint density at radius 1 is 0.697 bits per heavy atom. The van der Waals surface area contributed by atoms with E-state index in [1.54, 1.807) is 30.3 Å². The average molecular weight is 455 g/mol. The molecule has 0 aliphatic heterocycles. The van der Waals surface area contributed by atoms with Gasteiger partial charge in [-0.2, -0.15) is 0 Å². The van der Waals surface area contributed by atoms with Crippen LogP contribution in [0.2, 0.25) is 0 Å². The number of nitrogen functional groups attached to an aromatic ring is 1. The number of anilines is 1. The number of rotatable bonds is 7. The Balaban J connectivity index is 2.58. The molecule has 3 rings (SSSR count). The van der Waals surface area contributed by atoms with Crippen LogP contribution in [0, 0.1) is 0 Å².